The van der Waals surface area contributed by atoms with E-state index in [2.05, 4.69) is 4.98 Å². The average molecular weight is 334 g/mol. The van der Waals surface area contributed by atoms with Crippen LogP contribution in [-0.4, -0.2) is 34.5 Å². The average Bonchev–Trinajstić information content (AvgIpc) is 3.03. The van der Waals surface area contributed by atoms with Gasteiger partial charge in [-0.15, -0.1) is 0 Å². The Morgan fingerprint density at radius 2 is 2.17 bits per heavy atom. The molecular weight excluding hydrogens is 321 g/mol. The molecule has 3 aromatic rings. The van der Waals surface area contributed by atoms with Crippen LogP contribution in [-0.2, 0) is 4.84 Å². The van der Waals surface area contributed by atoms with Crippen LogP contribution in [0, 0.1) is 5.82 Å². The van der Waals surface area contributed by atoms with Crippen LogP contribution in [0.2, 0.25) is 5.02 Å². The molecule has 118 valence electrons. The highest BCUT2D eigenvalue weighted by Gasteiger charge is 2.22. The molecule has 0 aliphatic rings. The van der Waals surface area contributed by atoms with E-state index in [1.54, 1.807) is 22.7 Å². The predicted octanol–water partition coefficient (Wildman–Crippen LogP) is 3.43. The second-order valence-electron chi connectivity index (χ2n) is 4.90. The molecule has 5 nitrogen and oxygen atoms in total. The number of hydroxylamine groups is 2. The van der Waals surface area contributed by atoms with Gasteiger partial charge in [0.1, 0.15) is 5.82 Å². The van der Waals surface area contributed by atoms with Gasteiger partial charge < -0.3 is 0 Å². The number of carbonyl (C=O) groups excluding carboxylic acids is 1. The van der Waals surface area contributed by atoms with Crippen molar-refractivity contribution in [2.45, 2.75) is 0 Å². The van der Waals surface area contributed by atoms with Gasteiger partial charge in [-0.3, -0.25) is 14.0 Å². The minimum atomic E-state index is -0.399. The number of fused-ring (bicyclic) bond motifs is 1. The Labute approximate surface area is 136 Å². The van der Waals surface area contributed by atoms with Crippen LogP contribution in [0.4, 0.5) is 4.39 Å². The topological polar surface area (TPSA) is 46.8 Å². The first-order valence-corrected chi connectivity index (χ1v) is 7.13. The Balaban J connectivity index is 2.34. The van der Waals surface area contributed by atoms with Gasteiger partial charge in [0, 0.05) is 12.6 Å². The molecule has 0 spiro atoms. The Morgan fingerprint density at radius 1 is 1.39 bits per heavy atom. The molecule has 0 unspecified atom stereocenters. The molecule has 2 heterocycles. The lowest BCUT2D eigenvalue weighted by molar-refractivity contribution is -0.0756. The lowest BCUT2D eigenvalue weighted by Gasteiger charge is -2.18. The van der Waals surface area contributed by atoms with Crippen LogP contribution in [0.15, 0.2) is 42.9 Å². The maximum atomic E-state index is 13.6. The van der Waals surface area contributed by atoms with Gasteiger partial charge in [0.2, 0.25) is 0 Å². The number of hydrogen-bond acceptors (Lipinski definition) is 3. The fourth-order valence-corrected chi connectivity index (χ4v) is 2.64. The number of benzene rings is 1. The van der Waals surface area contributed by atoms with Crippen LogP contribution in [0.5, 0.6) is 0 Å². The second-order valence-corrected chi connectivity index (χ2v) is 5.31. The smallest absolute Gasteiger partial charge is 0.279 e. The molecule has 0 N–H and O–H groups in total. The normalized spacial score (nSPS) is 11.0. The Kier molecular flexibility index (Phi) is 4.02. The zero-order valence-electron chi connectivity index (χ0n) is 12.5. The van der Waals surface area contributed by atoms with E-state index in [0.717, 1.165) is 5.06 Å². The van der Waals surface area contributed by atoms with E-state index < -0.39 is 11.7 Å². The van der Waals surface area contributed by atoms with Crippen LogP contribution >= 0.6 is 11.6 Å². The molecule has 3 rings (SSSR count). The van der Waals surface area contributed by atoms with E-state index >= 15 is 0 Å². The number of nitrogens with zero attached hydrogens (tertiary/aromatic N) is 3. The molecule has 1 amide bonds. The molecule has 0 fully saturated rings. The molecule has 1 aromatic carbocycles. The first-order valence-electron chi connectivity index (χ1n) is 6.75. The van der Waals surface area contributed by atoms with Crippen LogP contribution in [0.25, 0.3) is 16.8 Å². The third-order valence-electron chi connectivity index (χ3n) is 3.54. The van der Waals surface area contributed by atoms with Gasteiger partial charge in [-0.1, -0.05) is 23.7 Å². The molecule has 0 aliphatic carbocycles. The third kappa shape index (κ3) is 2.67. The summed E-state index contributed by atoms with van der Waals surface area (Å²) >= 11 is 6.24. The van der Waals surface area contributed by atoms with Gasteiger partial charge in [0.05, 0.1) is 41.4 Å². The summed E-state index contributed by atoms with van der Waals surface area (Å²) < 4.78 is 15.3. The van der Waals surface area contributed by atoms with Crippen molar-refractivity contribution in [3.05, 3.63) is 59.3 Å². The number of carbonyl (C=O) groups is 1. The van der Waals surface area contributed by atoms with E-state index in [9.17, 15) is 9.18 Å². The van der Waals surface area contributed by atoms with E-state index in [0.29, 0.717) is 21.8 Å². The zero-order valence-corrected chi connectivity index (χ0v) is 13.2. The minimum absolute atomic E-state index is 0.287. The minimum Gasteiger partial charge on any atom is -0.297 e. The quantitative estimate of drug-likeness (QED) is 0.690. The number of aromatic nitrogens is 2. The lowest BCUT2D eigenvalue weighted by Crippen LogP contribution is -2.26. The number of pyridine rings is 1. The van der Waals surface area contributed by atoms with Crippen molar-refractivity contribution in [2.75, 3.05) is 14.2 Å². The van der Waals surface area contributed by atoms with Gasteiger partial charge in [-0.05, 0) is 18.2 Å². The summed E-state index contributed by atoms with van der Waals surface area (Å²) in [4.78, 5) is 21.6. The highest BCUT2D eigenvalue weighted by Crippen LogP contribution is 2.31. The number of halogens is 2. The molecule has 7 heteroatoms. The largest absolute Gasteiger partial charge is 0.297 e. The summed E-state index contributed by atoms with van der Waals surface area (Å²) in [5, 5.41) is 1.45. The van der Waals surface area contributed by atoms with Crippen molar-refractivity contribution < 1.29 is 14.0 Å². The maximum Gasteiger partial charge on any atom is 0.279 e. The molecule has 0 saturated carbocycles. The van der Waals surface area contributed by atoms with E-state index in [4.69, 9.17) is 16.4 Å². The predicted molar refractivity (Wildman–Crippen MR) is 84.7 cm³/mol. The number of hydrogen-bond donors (Lipinski definition) is 0. The zero-order chi connectivity index (χ0) is 16.6. The number of rotatable bonds is 3. The fourth-order valence-electron chi connectivity index (χ4n) is 2.39. The summed E-state index contributed by atoms with van der Waals surface area (Å²) in [7, 11) is 2.88. The summed E-state index contributed by atoms with van der Waals surface area (Å²) in [6.07, 6.45) is 3.12. The fraction of sp³-hybridized carbons (Fsp3) is 0.125. The van der Waals surface area contributed by atoms with Crippen molar-refractivity contribution in [3.63, 3.8) is 0 Å². The summed E-state index contributed by atoms with van der Waals surface area (Å²) in [6.45, 7) is 0. The Hall–Kier alpha value is -2.44. The van der Waals surface area contributed by atoms with E-state index in [1.807, 2.05) is 0 Å². The summed E-state index contributed by atoms with van der Waals surface area (Å²) in [5.41, 5.74) is 1.95. The monoisotopic (exact) mass is 333 g/mol. The van der Waals surface area contributed by atoms with Crippen LogP contribution < -0.4 is 0 Å². The number of amides is 1. The SMILES string of the molecule is CON(C)C(=O)c1cc(Cl)c2cncn2c1-c1cccc(F)c1. The van der Waals surface area contributed by atoms with E-state index in [1.165, 1.54) is 38.7 Å². The molecule has 23 heavy (non-hydrogen) atoms. The molecule has 0 atom stereocenters. The standard InChI is InChI=1S/C16H13ClFN3O2/c1-20(23-2)16(22)12-7-13(17)14-8-19-9-21(14)15(12)10-4-3-5-11(18)6-10/h3-9H,1-2H3. The summed E-state index contributed by atoms with van der Waals surface area (Å²) in [5.74, 6) is -0.798. The van der Waals surface area contributed by atoms with Crippen LogP contribution in [0.3, 0.4) is 0 Å². The van der Waals surface area contributed by atoms with Crippen molar-refractivity contribution in [2.24, 2.45) is 0 Å². The van der Waals surface area contributed by atoms with Crippen molar-refractivity contribution in [1.29, 1.82) is 0 Å². The molecule has 0 aliphatic heterocycles. The third-order valence-corrected chi connectivity index (χ3v) is 3.84. The molecule has 2 aromatic heterocycles. The van der Waals surface area contributed by atoms with Crippen molar-refractivity contribution >= 4 is 23.0 Å². The Morgan fingerprint density at radius 3 is 2.87 bits per heavy atom. The Bertz CT molecular complexity index is 894. The van der Waals surface area contributed by atoms with Gasteiger partial charge in [0.25, 0.3) is 5.91 Å². The lowest BCUT2D eigenvalue weighted by atomic mass is 10.0. The molecule has 0 bridgehead atoms. The van der Waals surface area contributed by atoms with Gasteiger partial charge in [-0.2, -0.15) is 0 Å². The van der Waals surface area contributed by atoms with Gasteiger partial charge in [-0.25, -0.2) is 14.4 Å². The van der Waals surface area contributed by atoms with Crippen LogP contribution in [0.1, 0.15) is 10.4 Å². The second kappa shape index (κ2) is 5.98. The van der Waals surface area contributed by atoms with E-state index in [-0.39, 0.29) is 5.56 Å². The first kappa shape index (κ1) is 15.5. The highest BCUT2D eigenvalue weighted by atomic mass is 35.5. The molecule has 0 radical (unpaired) electrons. The molecule has 0 saturated heterocycles. The van der Waals surface area contributed by atoms with Gasteiger partial charge >= 0.3 is 0 Å². The highest BCUT2D eigenvalue weighted by molar-refractivity contribution is 6.34. The number of imidazole rings is 1. The maximum absolute atomic E-state index is 13.6. The van der Waals surface area contributed by atoms with Crippen molar-refractivity contribution in [3.8, 4) is 11.3 Å². The summed E-state index contributed by atoms with van der Waals surface area (Å²) in [6, 6.07) is 7.53. The first-order chi connectivity index (χ1) is 11.0. The molecular formula is C16H13ClFN3O2. The van der Waals surface area contributed by atoms with Crippen molar-refractivity contribution in [1.82, 2.24) is 14.4 Å². The van der Waals surface area contributed by atoms with Gasteiger partial charge in [0.15, 0.2) is 0 Å².